The van der Waals surface area contributed by atoms with Crippen molar-refractivity contribution in [3.63, 3.8) is 0 Å². The van der Waals surface area contributed by atoms with Crippen LogP contribution in [0.4, 0.5) is 0 Å². The van der Waals surface area contributed by atoms with Crippen LogP contribution in [0.1, 0.15) is 54.4 Å². The van der Waals surface area contributed by atoms with Gasteiger partial charge in [0.2, 0.25) is 0 Å². The zero-order valence-corrected chi connectivity index (χ0v) is 13.6. The molecular weight excluding hydrogens is 256 g/mol. The highest BCUT2D eigenvalue weighted by Gasteiger charge is 2.20. The van der Waals surface area contributed by atoms with E-state index in [0.29, 0.717) is 24.3 Å². The maximum absolute atomic E-state index is 8.70. The van der Waals surface area contributed by atoms with Gasteiger partial charge in [0.05, 0.1) is 11.4 Å². The van der Waals surface area contributed by atoms with Crippen molar-refractivity contribution in [2.45, 2.75) is 65.5 Å². The van der Waals surface area contributed by atoms with Gasteiger partial charge in [-0.05, 0) is 41.5 Å². The van der Waals surface area contributed by atoms with Crippen LogP contribution < -0.4 is 10.6 Å². The molecule has 0 amide bonds. The predicted molar refractivity (Wildman–Crippen MR) is 83.2 cm³/mol. The summed E-state index contributed by atoms with van der Waals surface area (Å²) in [5.74, 6) is 0. The fourth-order valence-electron chi connectivity index (χ4n) is 2.28. The zero-order chi connectivity index (χ0) is 15.8. The first-order valence-corrected chi connectivity index (χ1v) is 6.97. The fraction of sp³-hybridized carbons (Fsp3) is 0.857. The van der Waals surface area contributed by atoms with E-state index in [0.717, 1.165) is 13.1 Å². The lowest BCUT2D eigenvalue weighted by Gasteiger charge is -2.29. The van der Waals surface area contributed by atoms with E-state index in [-0.39, 0.29) is 11.1 Å². The Hall–Kier alpha value is -1.14. The van der Waals surface area contributed by atoms with Gasteiger partial charge in [-0.25, -0.2) is 0 Å². The minimum absolute atomic E-state index is 0.107. The molecule has 0 saturated carbocycles. The molecule has 118 valence electrons. The van der Waals surface area contributed by atoms with Gasteiger partial charge in [0.1, 0.15) is 0 Å². The van der Waals surface area contributed by atoms with E-state index in [2.05, 4.69) is 48.6 Å². The molecule has 4 N–H and O–H groups in total. The highest BCUT2D eigenvalue weighted by molar-refractivity contribution is 5.82. The normalized spacial score (nSPS) is 14.7. The van der Waals surface area contributed by atoms with E-state index in [1.807, 2.05) is 13.8 Å². The topological polar surface area (TPSA) is 89.2 Å². The van der Waals surface area contributed by atoms with Gasteiger partial charge in [0, 0.05) is 37.0 Å². The molecule has 0 saturated heterocycles. The Bertz CT molecular complexity index is 315. The highest BCUT2D eigenvalue weighted by Crippen LogP contribution is 2.10. The van der Waals surface area contributed by atoms with Gasteiger partial charge in [0.15, 0.2) is 0 Å². The predicted octanol–water partition coefficient (Wildman–Crippen LogP) is 2.20. The van der Waals surface area contributed by atoms with Crippen LogP contribution in [-0.4, -0.2) is 46.0 Å². The molecule has 0 spiro atoms. The molecule has 0 aromatic rings. The van der Waals surface area contributed by atoms with Crippen LogP contribution in [0.2, 0.25) is 0 Å². The third-order valence-electron chi connectivity index (χ3n) is 3.07. The Morgan fingerprint density at radius 1 is 0.800 bits per heavy atom. The first-order valence-electron chi connectivity index (χ1n) is 6.97. The zero-order valence-electron chi connectivity index (χ0n) is 13.6. The van der Waals surface area contributed by atoms with Crippen LogP contribution in [0.5, 0.6) is 0 Å². The van der Waals surface area contributed by atoms with Crippen molar-refractivity contribution in [1.82, 2.24) is 10.6 Å². The largest absolute Gasteiger partial charge is 0.411 e. The molecule has 6 heteroatoms. The van der Waals surface area contributed by atoms with E-state index >= 15 is 0 Å². The summed E-state index contributed by atoms with van der Waals surface area (Å²) in [5, 5.41) is 30.7. The number of oxime groups is 2. The summed E-state index contributed by atoms with van der Waals surface area (Å²) in [4.78, 5) is 0. The third kappa shape index (κ3) is 8.87. The van der Waals surface area contributed by atoms with Gasteiger partial charge < -0.3 is 21.0 Å². The van der Waals surface area contributed by atoms with Gasteiger partial charge in [-0.2, -0.15) is 0 Å². The number of nitrogens with zero attached hydrogens (tertiary/aromatic N) is 2. The average molecular weight is 286 g/mol. The Balaban J connectivity index is 4.07. The number of rotatable bonds is 9. The van der Waals surface area contributed by atoms with Crippen LogP contribution >= 0.6 is 0 Å². The van der Waals surface area contributed by atoms with E-state index in [1.54, 1.807) is 0 Å². The molecule has 0 aliphatic carbocycles. The number of hydrogen-bond donors (Lipinski definition) is 4. The number of nitrogens with one attached hydrogen (secondary N) is 2. The minimum Gasteiger partial charge on any atom is -0.411 e. The molecule has 0 fully saturated rings. The molecule has 0 aliphatic rings. The Morgan fingerprint density at radius 3 is 1.35 bits per heavy atom. The lowest BCUT2D eigenvalue weighted by atomic mass is 9.97. The van der Waals surface area contributed by atoms with Crippen molar-refractivity contribution < 1.29 is 10.4 Å². The maximum Gasteiger partial charge on any atom is 0.0558 e. The molecule has 0 aliphatic heterocycles. The van der Waals surface area contributed by atoms with Crippen LogP contribution in [0.3, 0.4) is 0 Å². The first-order chi connectivity index (χ1) is 9.12. The van der Waals surface area contributed by atoms with Crippen LogP contribution in [-0.2, 0) is 0 Å². The minimum atomic E-state index is -0.107. The molecule has 0 aromatic carbocycles. The molecular formula is C14H30N4O2. The van der Waals surface area contributed by atoms with E-state index in [1.165, 1.54) is 0 Å². The van der Waals surface area contributed by atoms with E-state index < -0.39 is 0 Å². The highest BCUT2D eigenvalue weighted by atomic mass is 16.4. The summed E-state index contributed by atoms with van der Waals surface area (Å²) >= 11 is 0. The molecule has 0 bridgehead atoms. The summed E-state index contributed by atoms with van der Waals surface area (Å²) in [7, 11) is 0. The summed E-state index contributed by atoms with van der Waals surface area (Å²) in [6.07, 6.45) is 1.40. The van der Waals surface area contributed by atoms with Crippen molar-refractivity contribution in [3.05, 3.63) is 0 Å². The number of hydrogen-bond acceptors (Lipinski definition) is 6. The van der Waals surface area contributed by atoms with Crippen molar-refractivity contribution in [2.24, 2.45) is 10.3 Å². The second-order valence-electron chi connectivity index (χ2n) is 6.65. The van der Waals surface area contributed by atoms with Gasteiger partial charge in [-0.15, -0.1) is 0 Å². The van der Waals surface area contributed by atoms with Crippen molar-refractivity contribution in [2.75, 3.05) is 13.1 Å². The summed E-state index contributed by atoms with van der Waals surface area (Å²) in [6.45, 7) is 13.5. The standard InChI is InChI=1S/C14H30N4O2/c1-11(17-19)9-13(3,4)15-7-8-16-14(5,6)10-12(2)18-20/h15-16,19-20H,7-10H2,1-6H3. The SMILES string of the molecule is CC(CC(C)(C)NCCNC(C)(C)CC(C)=NO)=NO. The van der Waals surface area contributed by atoms with Crippen LogP contribution in [0.15, 0.2) is 10.3 Å². The smallest absolute Gasteiger partial charge is 0.0558 e. The third-order valence-corrected chi connectivity index (χ3v) is 3.07. The van der Waals surface area contributed by atoms with Gasteiger partial charge in [-0.1, -0.05) is 10.3 Å². The molecule has 0 heterocycles. The molecule has 20 heavy (non-hydrogen) atoms. The molecule has 0 atom stereocenters. The van der Waals surface area contributed by atoms with Gasteiger partial charge in [0.25, 0.3) is 0 Å². The lowest BCUT2D eigenvalue weighted by Crippen LogP contribution is -2.48. The lowest BCUT2D eigenvalue weighted by molar-refractivity contribution is 0.308. The second-order valence-corrected chi connectivity index (χ2v) is 6.65. The quantitative estimate of drug-likeness (QED) is 0.226. The van der Waals surface area contributed by atoms with Crippen molar-refractivity contribution in [1.29, 1.82) is 0 Å². The van der Waals surface area contributed by atoms with Crippen LogP contribution in [0, 0.1) is 0 Å². The summed E-state index contributed by atoms with van der Waals surface area (Å²) in [6, 6.07) is 0. The van der Waals surface area contributed by atoms with Gasteiger partial charge in [-0.3, -0.25) is 0 Å². The maximum atomic E-state index is 8.70. The first kappa shape index (κ1) is 18.9. The average Bonchev–Trinajstić information content (AvgIpc) is 2.33. The Labute approximate surface area is 122 Å². The van der Waals surface area contributed by atoms with E-state index in [4.69, 9.17) is 10.4 Å². The monoisotopic (exact) mass is 286 g/mol. The molecule has 0 aromatic heterocycles. The molecule has 0 radical (unpaired) electrons. The Kier molecular flexibility index (Phi) is 7.75. The second kappa shape index (κ2) is 8.21. The van der Waals surface area contributed by atoms with Gasteiger partial charge >= 0.3 is 0 Å². The Morgan fingerprint density at radius 2 is 1.10 bits per heavy atom. The fourth-order valence-corrected chi connectivity index (χ4v) is 2.28. The van der Waals surface area contributed by atoms with Crippen molar-refractivity contribution >= 4 is 11.4 Å². The van der Waals surface area contributed by atoms with E-state index in [9.17, 15) is 0 Å². The summed E-state index contributed by atoms with van der Waals surface area (Å²) in [5.41, 5.74) is 1.21. The van der Waals surface area contributed by atoms with Crippen molar-refractivity contribution in [3.8, 4) is 0 Å². The van der Waals surface area contributed by atoms with Crippen LogP contribution in [0.25, 0.3) is 0 Å². The molecule has 6 nitrogen and oxygen atoms in total. The molecule has 0 unspecified atom stereocenters. The molecule has 0 rings (SSSR count). The summed E-state index contributed by atoms with van der Waals surface area (Å²) < 4.78 is 0.